The van der Waals surface area contributed by atoms with Gasteiger partial charge in [-0.25, -0.2) is 0 Å². The summed E-state index contributed by atoms with van der Waals surface area (Å²) in [4.78, 5) is 4.31. The van der Waals surface area contributed by atoms with Crippen molar-refractivity contribution in [1.82, 2.24) is 0 Å². The lowest BCUT2D eigenvalue weighted by Gasteiger charge is -1.91. The Kier molecular flexibility index (Phi) is 8.51. The van der Waals surface area contributed by atoms with Gasteiger partial charge in [0.1, 0.15) is 0 Å². The van der Waals surface area contributed by atoms with Crippen LogP contribution >= 0.6 is 45.3 Å². The van der Waals surface area contributed by atoms with Crippen molar-refractivity contribution in [1.29, 1.82) is 0 Å². The molecule has 36 heavy (non-hydrogen) atoms. The van der Waals surface area contributed by atoms with Crippen molar-refractivity contribution >= 4 is 85.0 Å². The first-order valence-corrected chi connectivity index (χ1v) is 16.5. The van der Waals surface area contributed by atoms with Crippen LogP contribution in [0.3, 0.4) is 0 Å². The molecule has 0 radical (unpaired) electrons. The van der Waals surface area contributed by atoms with Gasteiger partial charge < -0.3 is 0 Å². The highest BCUT2D eigenvalue weighted by atomic mass is 32.1. The van der Waals surface area contributed by atoms with Crippen molar-refractivity contribution in [2.24, 2.45) is 0 Å². The zero-order valence-corrected chi connectivity index (χ0v) is 24.6. The first kappa shape index (κ1) is 25.6. The molecule has 5 rings (SSSR count). The lowest BCUT2D eigenvalue weighted by molar-refractivity contribution is 0.804. The van der Waals surface area contributed by atoms with Gasteiger partial charge >= 0.3 is 0 Å². The fourth-order valence-electron chi connectivity index (χ4n) is 4.33. The highest BCUT2D eigenvalue weighted by molar-refractivity contribution is 7.32. The molecule has 5 heterocycles. The van der Waals surface area contributed by atoms with E-state index in [0.717, 1.165) is 29.3 Å². The Morgan fingerprint density at radius 1 is 0.528 bits per heavy atom. The minimum atomic E-state index is 1.10. The number of aryl methyl sites for hydroxylation is 3. The number of hydrogen-bond donors (Lipinski definition) is 0. The Labute approximate surface area is 231 Å². The van der Waals surface area contributed by atoms with Crippen LogP contribution in [0.2, 0.25) is 0 Å². The van der Waals surface area contributed by atoms with Crippen LogP contribution in [0.1, 0.15) is 73.9 Å². The van der Waals surface area contributed by atoms with Gasteiger partial charge in [-0.05, 0) is 74.9 Å². The average Bonchev–Trinajstić information content (AvgIpc) is 3.66. The Balaban J connectivity index is 1.80. The fourth-order valence-corrected chi connectivity index (χ4v) is 8.90. The van der Waals surface area contributed by atoms with E-state index in [-0.39, 0.29) is 0 Å². The third-order valence-electron chi connectivity index (χ3n) is 6.38. The first-order valence-electron chi connectivity index (χ1n) is 13.2. The summed E-state index contributed by atoms with van der Waals surface area (Å²) in [5.74, 6) is 0. The second-order valence-corrected chi connectivity index (χ2v) is 13.8. The molecular formula is C32H32S4. The van der Waals surface area contributed by atoms with Crippen molar-refractivity contribution in [3.05, 3.63) is 69.2 Å². The number of fused-ring (bicyclic) bond motifs is 7. The van der Waals surface area contributed by atoms with Gasteiger partial charge in [-0.15, -0.1) is 45.3 Å². The molecule has 0 N–H and O–H groups in total. The van der Waals surface area contributed by atoms with Gasteiger partial charge in [0.15, 0.2) is 0 Å². The molecule has 0 aliphatic heterocycles. The van der Waals surface area contributed by atoms with Crippen molar-refractivity contribution in [3.63, 3.8) is 0 Å². The third kappa shape index (κ3) is 5.74. The van der Waals surface area contributed by atoms with Gasteiger partial charge in [-0.1, -0.05) is 58.2 Å². The van der Waals surface area contributed by atoms with Crippen molar-refractivity contribution < 1.29 is 0 Å². The molecule has 0 atom stereocenters. The predicted molar refractivity (Wildman–Crippen MR) is 166 cm³/mol. The van der Waals surface area contributed by atoms with E-state index < -0.39 is 0 Å². The highest BCUT2D eigenvalue weighted by Crippen LogP contribution is 2.37. The summed E-state index contributed by atoms with van der Waals surface area (Å²) < 4.78 is 6.45. The van der Waals surface area contributed by atoms with Gasteiger partial charge in [0.2, 0.25) is 0 Å². The topological polar surface area (TPSA) is 0 Å². The fraction of sp³-hybridized carbons (Fsp3) is 0.375. The van der Waals surface area contributed by atoms with Gasteiger partial charge in [0.05, 0.1) is 19.5 Å². The summed E-state index contributed by atoms with van der Waals surface area (Å²) >= 11 is 7.61. The molecule has 5 aromatic rings. The Morgan fingerprint density at radius 3 is 1.50 bits per heavy atom. The van der Waals surface area contributed by atoms with Crippen LogP contribution in [-0.2, 0) is 19.3 Å². The zero-order valence-electron chi connectivity index (χ0n) is 21.4. The lowest BCUT2D eigenvalue weighted by Crippen LogP contribution is -1.76. The van der Waals surface area contributed by atoms with Crippen molar-refractivity contribution in [2.45, 2.75) is 78.6 Å². The Morgan fingerprint density at radius 2 is 0.972 bits per heavy atom. The van der Waals surface area contributed by atoms with Crippen LogP contribution in [0, 0.1) is 24.3 Å². The third-order valence-corrected chi connectivity index (χ3v) is 11.3. The molecule has 0 aromatic carbocycles. The summed E-state index contributed by atoms with van der Waals surface area (Å²) in [5, 5.41) is 3.45. The lowest BCUT2D eigenvalue weighted by atomic mass is 10.2. The monoisotopic (exact) mass is 544 g/mol. The maximum absolute atomic E-state index is 3.58. The molecule has 0 aliphatic rings. The average molecular weight is 545 g/mol. The maximum atomic E-state index is 3.58. The minimum Gasteiger partial charge on any atom is -0.138 e. The largest absolute Gasteiger partial charge is 0.138 e. The summed E-state index contributed by atoms with van der Waals surface area (Å²) in [6.45, 7) is 6.79. The molecule has 0 amide bonds. The van der Waals surface area contributed by atoms with E-state index in [9.17, 15) is 0 Å². The van der Waals surface area contributed by atoms with Crippen LogP contribution < -0.4 is 0 Å². The molecule has 0 nitrogen and oxygen atoms in total. The Hall–Kier alpha value is -2.08. The van der Waals surface area contributed by atoms with E-state index in [1.807, 2.05) is 45.3 Å². The standard InChI is InChI=1S/C32H32S4/c1-4-7-10-25-19-22-13-14-23-20-26(11-8-5-2)34-31(23)29-17-18-30(36-29)32-24(15-16-28(22)33-25)21-27(35-32)12-9-6-3/h17-21H,4-12H2,1-3H3. The molecular weight excluding hydrogens is 513 g/mol. The van der Waals surface area contributed by atoms with Crippen molar-refractivity contribution in [3.8, 4) is 0 Å². The van der Waals surface area contributed by atoms with Gasteiger partial charge in [0, 0.05) is 34.8 Å². The molecule has 5 aromatic heterocycles. The van der Waals surface area contributed by atoms with Crippen LogP contribution in [0.25, 0.3) is 39.7 Å². The normalized spacial score (nSPS) is 11.2. The first-order chi connectivity index (χ1) is 17.7. The quantitative estimate of drug-likeness (QED) is 0.173. The summed E-state index contributed by atoms with van der Waals surface area (Å²) in [7, 11) is 0. The van der Waals surface area contributed by atoms with Crippen LogP contribution in [0.4, 0.5) is 0 Å². The van der Waals surface area contributed by atoms with E-state index in [0.29, 0.717) is 0 Å². The molecule has 2 bridgehead atoms. The molecule has 0 unspecified atom stereocenters. The van der Waals surface area contributed by atoms with Crippen molar-refractivity contribution in [2.75, 3.05) is 0 Å². The second kappa shape index (κ2) is 12.0. The van der Waals surface area contributed by atoms with Crippen LogP contribution in [0.5, 0.6) is 0 Å². The van der Waals surface area contributed by atoms with E-state index in [4.69, 9.17) is 0 Å². The highest BCUT2D eigenvalue weighted by Gasteiger charge is 2.07. The smallest absolute Gasteiger partial charge is 0.0931 e. The van der Waals surface area contributed by atoms with Crippen LogP contribution in [-0.4, -0.2) is 0 Å². The maximum Gasteiger partial charge on any atom is 0.0931 e. The predicted octanol–water partition coefficient (Wildman–Crippen LogP) is 11.5. The van der Waals surface area contributed by atoms with Crippen LogP contribution in [0.15, 0.2) is 30.3 Å². The van der Waals surface area contributed by atoms with Gasteiger partial charge in [-0.3, -0.25) is 0 Å². The summed E-state index contributed by atoms with van der Waals surface area (Å²) in [6.07, 6.45) is 10.7. The van der Waals surface area contributed by atoms with Gasteiger partial charge in [-0.2, -0.15) is 0 Å². The van der Waals surface area contributed by atoms with E-state index >= 15 is 0 Å². The van der Waals surface area contributed by atoms with Gasteiger partial charge in [0.25, 0.3) is 0 Å². The Bertz CT molecular complexity index is 1440. The number of unbranched alkanes of at least 4 members (excludes halogenated alkanes) is 3. The molecule has 0 spiro atoms. The van der Waals surface area contributed by atoms with E-state index in [1.54, 1.807) is 0 Å². The summed E-state index contributed by atoms with van der Waals surface area (Å²) in [6, 6.07) is 25.9. The summed E-state index contributed by atoms with van der Waals surface area (Å²) in [5.41, 5.74) is 0. The minimum absolute atomic E-state index is 1.10. The number of thiophene rings is 4. The molecule has 4 heteroatoms. The molecule has 0 aliphatic carbocycles. The second-order valence-electron chi connectivity index (χ2n) is 9.34. The van der Waals surface area contributed by atoms with E-state index in [1.165, 1.54) is 82.7 Å². The van der Waals surface area contributed by atoms with E-state index in [2.05, 4.69) is 75.4 Å². The molecule has 0 saturated carbocycles. The molecule has 0 saturated heterocycles. The SMILES string of the molecule is CCCCc1cc2c#cc3cc(CCCC)sc3c3ccc(s3)c3sc(CCCC)cc3c#cc2s1. The molecule has 184 valence electrons. The molecule has 0 fully saturated rings. The number of rotatable bonds is 9. The number of hydrogen-bond acceptors (Lipinski definition) is 4. The zero-order chi connectivity index (χ0) is 24.9.